The Morgan fingerprint density at radius 1 is 1.22 bits per heavy atom. The molecule has 3 rings (SSSR count). The van der Waals surface area contributed by atoms with Gasteiger partial charge in [-0.1, -0.05) is 18.5 Å². The van der Waals surface area contributed by atoms with Gasteiger partial charge in [0.05, 0.1) is 11.3 Å². The molecule has 1 aromatic carbocycles. The van der Waals surface area contributed by atoms with Gasteiger partial charge in [-0.3, -0.25) is 10.1 Å². The minimum absolute atomic E-state index is 0.0518. The molecule has 2 aromatic rings. The smallest absolute Gasteiger partial charge is 0.308 e. The van der Waals surface area contributed by atoms with E-state index in [0.29, 0.717) is 34.8 Å². The van der Waals surface area contributed by atoms with Gasteiger partial charge in [0.2, 0.25) is 5.95 Å². The summed E-state index contributed by atoms with van der Waals surface area (Å²) in [4.78, 5) is 32.2. The molecule has 0 spiro atoms. The number of nitrogens with one attached hydrogen (secondary N) is 2. The van der Waals surface area contributed by atoms with E-state index in [1.165, 1.54) is 6.20 Å². The van der Waals surface area contributed by atoms with Crippen molar-refractivity contribution in [3.8, 4) is 0 Å². The van der Waals surface area contributed by atoms with Crippen LogP contribution in [0.4, 0.5) is 16.4 Å². The maximum Gasteiger partial charge on any atom is 0.326 e. The van der Waals surface area contributed by atoms with Crippen molar-refractivity contribution < 1.29 is 9.59 Å². The number of fused-ring (bicyclic) bond motifs is 1. The number of rotatable bonds is 2. The normalized spacial score (nSPS) is 16.6. The number of carbonyl (C=O) groups is 2. The van der Waals surface area contributed by atoms with Crippen LogP contribution in [0, 0.1) is 5.92 Å². The number of Topliss-reactive ketones (excluding diaryl/α,β-unsaturated/α-hetero) is 1. The molecule has 118 valence electrons. The molecule has 0 fully saturated rings. The molecule has 1 atom stereocenters. The fourth-order valence-corrected chi connectivity index (χ4v) is 2.62. The van der Waals surface area contributed by atoms with Gasteiger partial charge in [0.15, 0.2) is 5.78 Å². The van der Waals surface area contributed by atoms with Gasteiger partial charge in [-0.25, -0.2) is 14.8 Å². The number of anilines is 2. The van der Waals surface area contributed by atoms with Gasteiger partial charge < -0.3 is 5.32 Å². The van der Waals surface area contributed by atoms with Crippen LogP contribution in [0.5, 0.6) is 0 Å². The van der Waals surface area contributed by atoms with Crippen molar-refractivity contribution in [3.63, 3.8) is 0 Å². The highest BCUT2D eigenvalue weighted by atomic mass is 35.5. The lowest BCUT2D eigenvalue weighted by atomic mass is 9.88. The third-order valence-electron chi connectivity index (χ3n) is 3.57. The summed E-state index contributed by atoms with van der Waals surface area (Å²) in [5.41, 5.74) is 1.84. The van der Waals surface area contributed by atoms with E-state index < -0.39 is 6.03 Å². The number of amides is 2. The minimum Gasteiger partial charge on any atom is -0.308 e. The predicted octanol–water partition coefficient (Wildman–Crippen LogP) is 3.54. The van der Waals surface area contributed by atoms with Crippen molar-refractivity contribution in [1.82, 2.24) is 9.97 Å². The zero-order valence-electron chi connectivity index (χ0n) is 12.5. The topological polar surface area (TPSA) is 84.0 Å². The molecule has 2 N–H and O–H groups in total. The van der Waals surface area contributed by atoms with E-state index in [4.69, 9.17) is 11.6 Å². The Balaban J connectivity index is 1.70. The Kier molecular flexibility index (Phi) is 4.25. The number of aromatic nitrogens is 2. The molecule has 0 radical (unpaired) electrons. The maximum absolute atomic E-state index is 12.0. The summed E-state index contributed by atoms with van der Waals surface area (Å²) in [6.07, 6.45) is 2.70. The van der Waals surface area contributed by atoms with E-state index in [1.807, 2.05) is 6.92 Å². The summed E-state index contributed by atoms with van der Waals surface area (Å²) >= 11 is 5.79. The molecular weight excluding hydrogens is 316 g/mol. The van der Waals surface area contributed by atoms with Crippen molar-refractivity contribution >= 4 is 35.1 Å². The molecule has 1 unspecified atom stereocenters. The molecule has 1 heterocycles. The van der Waals surface area contributed by atoms with Gasteiger partial charge in [0.25, 0.3) is 0 Å². The van der Waals surface area contributed by atoms with Crippen LogP contribution in [0.25, 0.3) is 0 Å². The molecule has 0 aliphatic heterocycles. The second kappa shape index (κ2) is 6.34. The fourth-order valence-electron chi connectivity index (χ4n) is 2.49. The first-order valence-corrected chi connectivity index (χ1v) is 7.62. The maximum atomic E-state index is 12.0. The number of halogens is 1. The lowest BCUT2D eigenvalue weighted by molar-refractivity contribution is 0.0951. The molecule has 23 heavy (non-hydrogen) atoms. The first-order valence-electron chi connectivity index (χ1n) is 7.24. The number of hydrogen-bond acceptors (Lipinski definition) is 4. The van der Waals surface area contributed by atoms with Gasteiger partial charge >= 0.3 is 6.03 Å². The second-order valence-electron chi connectivity index (χ2n) is 5.58. The van der Waals surface area contributed by atoms with Gasteiger partial charge in [0.1, 0.15) is 0 Å². The number of carbonyl (C=O) groups excluding carboxylic acids is 2. The molecule has 0 bridgehead atoms. The van der Waals surface area contributed by atoms with Crippen LogP contribution < -0.4 is 10.6 Å². The predicted molar refractivity (Wildman–Crippen MR) is 87.9 cm³/mol. The highest BCUT2D eigenvalue weighted by molar-refractivity contribution is 6.30. The van der Waals surface area contributed by atoms with Crippen LogP contribution in [-0.4, -0.2) is 21.8 Å². The SMILES string of the molecule is CC1CC(=O)c2cnc(NC(=O)Nc3ccc(Cl)cc3)nc2C1. The first-order chi connectivity index (χ1) is 11.0. The van der Waals surface area contributed by atoms with E-state index in [2.05, 4.69) is 20.6 Å². The van der Waals surface area contributed by atoms with Crippen molar-refractivity contribution in [2.75, 3.05) is 10.6 Å². The average Bonchev–Trinajstić information content (AvgIpc) is 2.49. The Hall–Kier alpha value is -2.47. The number of ketones is 1. The largest absolute Gasteiger partial charge is 0.326 e. The van der Waals surface area contributed by atoms with Gasteiger partial charge in [-0.2, -0.15) is 0 Å². The lowest BCUT2D eigenvalue weighted by Gasteiger charge is -2.19. The minimum atomic E-state index is -0.456. The van der Waals surface area contributed by atoms with Crippen LogP contribution in [-0.2, 0) is 6.42 Å². The van der Waals surface area contributed by atoms with Crippen molar-refractivity contribution in [2.24, 2.45) is 5.92 Å². The summed E-state index contributed by atoms with van der Waals surface area (Å²) in [5.74, 6) is 0.480. The van der Waals surface area contributed by atoms with E-state index >= 15 is 0 Å². The number of hydrogen-bond donors (Lipinski definition) is 2. The summed E-state index contributed by atoms with van der Waals surface area (Å²) in [6, 6.07) is 6.29. The average molecular weight is 331 g/mol. The van der Waals surface area contributed by atoms with E-state index in [0.717, 1.165) is 0 Å². The van der Waals surface area contributed by atoms with Crippen molar-refractivity contribution in [1.29, 1.82) is 0 Å². The van der Waals surface area contributed by atoms with Gasteiger partial charge in [-0.05, 0) is 36.6 Å². The zero-order chi connectivity index (χ0) is 16.4. The Bertz CT molecular complexity index is 761. The van der Waals surface area contributed by atoms with Crippen LogP contribution in [0.1, 0.15) is 29.4 Å². The summed E-state index contributed by atoms with van der Waals surface area (Å²) in [7, 11) is 0. The van der Waals surface area contributed by atoms with Crippen LogP contribution in [0.2, 0.25) is 5.02 Å². The molecule has 6 nitrogen and oxygen atoms in total. The third-order valence-corrected chi connectivity index (χ3v) is 3.82. The van der Waals surface area contributed by atoms with Gasteiger partial charge in [-0.15, -0.1) is 0 Å². The highest BCUT2D eigenvalue weighted by Gasteiger charge is 2.24. The van der Waals surface area contributed by atoms with Crippen LogP contribution in [0.3, 0.4) is 0 Å². The van der Waals surface area contributed by atoms with E-state index in [1.54, 1.807) is 24.3 Å². The monoisotopic (exact) mass is 330 g/mol. The Morgan fingerprint density at radius 3 is 2.70 bits per heavy atom. The number of benzene rings is 1. The quantitative estimate of drug-likeness (QED) is 0.882. The summed E-state index contributed by atoms with van der Waals surface area (Å²) in [6.45, 7) is 2.00. The Labute approximate surface area is 138 Å². The van der Waals surface area contributed by atoms with Gasteiger partial charge in [0, 0.05) is 23.3 Å². The van der Waals surface area contributed by atoms with Crippen molar-refractivity contribution in [3.05, 3.63) is 46.7 Å². The number of nitrogens with zero attached hydrogens (tertiary/aromatic N) is 2. The second-order valence-corrected chi connectivity index (χ2v) is 6.01. The molecule has 1 aromatic heterocycles. The molecule has 2 amide bonds. The summed E-state index contributed by atoms with van der Waals surface area (Å²) in [5, 5.41) is 5.82. The van der Waals surface area contributed by atoms with Crippen LogP contribution in [0.15, 0.2) is 30.5 Å². The molecular formula is C16H15ClN4O2. The third kappa shape index (κ3) is 3.65. The molecule has 0 saturated carbocycles. The number of urea groups is 1. The summed E-state index contributed by atoms with van der Waals surface area (Å²) < 4.78 is 0. The van der Waals surface area contributed by atoms with E-state index in [9.17, 15) is 9.59 Å². The molecule has 1 aliphatic carbocycles. The van der Waals surface area contributed by atoms with E-state index in [-0.39, 0.29) is 17.6 Å². The Morgan fingerprint density at radius 2 is 1.96 bits per heavy atom. The zero-order valence-corrected chi connectivity index (χ0v) is 13.2. The highest BCUT2D eigenvalue weighted by Crippen LogP contribution is 2.24. The fraction of sp³-hybridized carbons (Fsp3) is 0.250. The lowest BCUT2D eigenvalue weighted by Crippen LogP contribution is -2.24. The molecule has 7 heteroatoms. The molecule has 1 aliphatic rings. The molecule has 0 saturated heterocycles. The van der Waals surface area contributed by atoms with Crippen LogP contribution >= 0.6 is 11.6 Å². The standard InChI is InChI=1S/C16H15ClN4O2/c1-9-6-13-12(14(22)7-9)8-18-15(20-13)21-16(23)19-11-4-2-10(17)3-5-11/h2-5,8-9H,6-7H2,1H3,(H2,18,19,20,21,23). The van der Waals surface area contributed by atoms with Crippen molar-refractivity contribution in [2.45, 2.75) is 19.8 Å². The first kappa shape index (κ1) is 15.4.